The average molecular weight is 1170 g/mol. The van der Waals surface area contributed by atoms with Gasteiger partial charge in [-0.3, -0.25) is 28.8 Å². The molecule has 8 N–H and O–H groups in total. The number of rotatable bonds is 14. The molecule has 9 rings (SSSR count). The number of hydrogen-bond donors (Lipinski definition) is 6. The highest BCUT2D eigenvalue weighted by atomic mass is 19.4. The predicted molar refractivity (Wildman–Crippen MR) is 325 cm³/mol. The first-order valence-corrected chi connectivity index (χ1v) is 26.6. The summed E-state index contributed by atoms with van der Waals surface area (Å²) in [7, 11) is 0. The number of Topliss-reactive ketones (excluding diaryl/α,β-unsaturated/α-hetero) is 2. The SMILES string of the molecule is CC(=O)Cc1ccc(C(=O)Nc2ccc(-c3ccc(NC(=O)c4ccc(N)cc4)cc3C(F)(F)F)c(C)c2)cc1.CC(=O)Cc1ccc(C(=O)Nc2ccc(-c3ccc(NC(=O)c4ccc(N)cc4)cc3C)c(C(F)(F)F)c2)cc1.c1ccccc1. The van der Waals surface area contributed by atoms with E-state index in [4.69, 9.17) is 11.5 Å². The molecule has 0 fully saturated rings. The van der Waals surface area contributed by atoms with Crippen LogP contribution >= 0.6 is 0 Å². The molecule has 0 aromatic heterocycles. The summed E-state index contributed by atoms with van der Waals surface area (Å²) < 4.78 is 84.6. The van der Waals surface area contributed by atoms with Crippen molar-refractivity contribution in [3.05, 3.63) is 262 Å². The number of hydrogen-bond acceptors (Lipinski definition) is 8. The molecule has 9 aromatic carbocycles. The number of amides is 4. The van der Waals surface area contributed by atoms with Crippen molar-refractivity contribution in [1.82, 2.24) is 0 Å². The fraction of sp³-hybridized carbons (Fsp3) is 0.118. The highest BCUT2D eigenvalue weighted by Gasteiger charge is 2.36. The second-order valence-corrected chi connectivity index (χ2v) is 19.9. The fourth-order valence-corrected chi connectivity index (χ4v) is 8.86. The average Bonchev–Trinajstić information content (AvgIpc) is 1.09. The van der Waals surface area contributed by atoms with Gasteiger partial charge >= 0.3 is 12.4 Å². The van der Waals surface area contributed by atoms with Crippen LogP contribution in [0, 0.1) is 13.8 Å². The molecule has 0 saturated heterocycles. The van der Waals surface area contributed by atoms with E-state index in [0.717, 1.165) is 23.3 Å². The van der Waals surface area contributed by atoms with E-state index in [1.807, 2.05) is 36.4 Å². The molecule has 0 atom stereocenters. The molecular formula is C68H58F6N6O6. The maximum atomic E-state index is 14.1. The van der Waals surface area contributed by atoms with Gasteiger partial charge in [-0.1, -0.05) is 84.9 Å². The van der Waals surface area contributed by atoms with E-state index in [0.29, 0.717) is 56.1 Å². The van der Waals surface area contributed by atoms with Crippen molar-refractivity contribution in [3.8, 4) is 22.3 Å². The van der Waals surface area contributed by atoms with Gasteiger partial charge in [0.2, 0.25) is 0 Å². The van der Waals surface area contributed by atoms with Crippen molar-refractivity contribution in [2.45, 2.75) is 52.9 Å². The Bertz CT molecular complexity index is 3880. The number of nitrogens with one attached hydrogen (secondary N) is 4. The van der Waals surface area contributed by atoms with E-state index >= 15 is 0 Å². The molecule has 438 valence electrons. The molecule has 0 unspecified atom stereocenters. The number of halogens is 6. The molecule has 86 heavy (non-hydrogen) atoms. The van der Waals surface area contributed by atoms with Crippen molar-refractivity contribution >= 4 is 69.3 Å². The monoisotopic (exact) mass is 1170 g/mol. The fourth-order valence-electron chi connectivity index (χ4n) is 8.86. The molecule has 0 saturated carbocycles. The second kappa shape index (κ2) is 28.1. The lowest BCUT2D eigenvalue weighted by Gasteiger charge is -2.17. The van der Waals surface area contributed by atoms with Crippen molar-refractivity contribution < 1.29 is 55.1 Å². The van der Waals surface area contributed by atoms with E-state index in [2.05, 4.69) is 21.3 Å². The van der Waals surface area contributed by atoms with Crippen LogP contribution in [0.5, 0.6) is 0 Å². The summed E-state index contributed by atoms with van der Waals surface area (Å²) >= 11 is 0. The summed E-state index contributed by atoms with van der Waals surface area (Å²) in [5.41, 5.74) is 15.6. The number of carbonyl (C=O) groups excluding carboxylic acids is 6. The van der Waals surface area contributed by atoms with Crippen LogP contribution in [0.1, 0.15) is 88.7 Å². The second-order valence-electron chi connectivity index (χ2n) is 19.9. The Hall–Kier alpha value is -10.6. The largest absolute Gasteiger partial charge is 0.417 e. The van der Waals surface area contributed by atoms with Gasteiger partial charge in [-0.15, -0.1) is 0 Å². The molecule has 0 heterocycles. The van der Waals surface area contributed by atoms with E-state index in [9.17, 15) is 55.1 Å². The summed E-state index contributed by atoms with van der Waals surface area (Å²) in [4.78, 5) is 72.9. The number of benzene rings is 9. The van der Waals surface area contributed by atoms with Gasteiger partial charge in [0.25, 0.3) is 23.6 Å². The first-order valence-electron chi connectivity index (χ1n) is 26.6. The minimum absolute atomic E-state index is 0.00578. The summed E-state index contributed by atoms with van der Waals surface area (Å²) in [6.07, 6.45) is -8.88. The van der Waals surface area contributed by atoms with Gasteiger partial charge in [-0.25, -0.2) is 0 Å². The van der Waals surface area contributed by atoms with Crippen LogP contribution < -0.4 is 32.7 Å². The quantitative estimate of drug-likeness (QED) is 0.0456. The topological polar surface area (TPSA) is 203 Å². The van der Waals surface area contributed by atoms with Gasteiger partial charge in [0.1, 0.15) is 11.6 Å². The van der Waals surface area contributed by atoms with E-state index in [1.165, 1.54) is 98.8 Å². The number of alkyl halides is 6. The van der Waals surface area contributed by atoms with Gasteiger partial charge in [0, 0.05) is 69.2 Å². The smallest absolute Gasteiger partial charge is 0.399 e. The number of nitrogen functional groups attached to an aromatic ring is 2. The number of anilines is 6. The van der Waals surface area contributed by atoms with E-state index in [1.54, 1.807) is 86.6 Å². The molecule has 9 aromatic rings. The molecule has 0 bridgehead atoms. The zero-order chi connectivity index (χ0) is 62.3. The molecule has 12 nitrogen and oxygen atoms in total. The third-order valence-electron chi connectivity index (χ3n) is 13.1. The lowest BCUT2D eigenvalue weighted by molar-refractivity contribution is -0.137. The minimum Gasteiger partial charge on any atom is -0.399 e. The first kappa shape index (κ1) is 63.0. The highest BCUT2D eigenvalue weighted by molar-refractivity contribution is 6.07. The van der Waals surface area contributed by atoms with Crippen LogP contribution in [0.2, 0.25) is 0 Å². The lowest BCUT2D eigenvalue weighted by Crippen LogP contribution is -2.14. The van der Waals surface area contributed by atoms with Gasteiger partial charge < -0.3 is 32.7 Å². The molecule has 18 heteroatoms. The Labute approximate surface area is 492 Å². The third-order valence-corrected chi connectivity index (χ3v) is 13.1. The Morgan fingerprint density at radius 2 is 0.593 bits per heavy atom. The zero-order valence-corrected chi connectivity index (χ0v) is 46.9. The summed E-state index contributed by atoms with van der Waals surface area (Å²) in [5, 5.41) is 10.5. The molecule has 0 aliphatic carbocycles. The Balaban J connectivity index is 0.000000224. The Kier molecular flexibility index (Phi) is 20.6. The zero-order valence-electron chi connectivity index (χ0n) is 46.9. The first-order chi connectivity index (χ1) is 40.8. The lowest BCUT2D eigenvalue weighted by atomic mass is 9.94. The van der Waals surface area contributed by atoms with Crippen LogP contribution in [0.25, 0.3) is 22.3 Å². The maximum Gasteiger partial charge on any atom is 0.417 e. The minimum atomic E-state index is -4.70. The van der Waals surface area contributed by atoms with Gasteiger partial charge in [0.15, 0.2) is 0 Å². The van der Waals surface area contributed by atoms with Crippen LogP contribution in [0.15, 0.2) is 206 Å². The Morgan fingerprint density at radius 3 is 0.837 bits per heavy atom. The van der Waals surface area contributed by atoms with Crippen molar-refractivity contribution in [1.29, 1.82) is 0 Å². The molecule has 0 aliphatic rings. The molecule has 0 spiro atoms. The standard InChI is InChI=1S/2C31H26F3N3O3.C6H6/c1-18-15-24(36-30(40)22-7-9-23(35)10-8-22)11-13-26(18)27-14-12-25(17-28(27)31(32,33)34)37-29(39)21-5-3-20(4-6-21)16-19(2)38;1-18-15-24(36-29(39)21-5-3-20(4-6-21)16-19(2)38)11-13-26(18)27-14-12-25(17-28(27)31(32,33)34)37-30(40)22-7-9-23(35)10-8-22;1-2-4-6-5-3-1/h3-15,17H,16,35H2,1-2H3,(H,36,40)(H,37,39);3-15,17H,16,35H2,1-2H3,(H,36,39)(H,37,40);1-6H. The van der Waals surface area contributed by atoms with Gasteiger partial charge in [-0.2, -0.15) is 26.3 Å². The van der Waals surface area contributed by atoms with Crippen molar-refractivity contribution in [2.75, 3.05) is 32.7 Å². The summed E-state index contributed by atoms with van der Waals surface area (Å²) in [6.45, 7) is 6.25. The molecule has 4 amide bonds. The number of aryl methyl sites for hydroxylation is 2. The van der Waals surface area contributed by atoms with Crippen LogP contribution in [-0.2, 0) is 34.8 Å². The summed E-state index contributed by atoms with van der Waals surface area (Å²) in [6, 6.07) is 53.8. The Morgan fingerprint density at radius 1 is 0.349 bits per heavy atom. The van der Waals surface area contributed by atoms with Crippen molar-refractivity contribution in [2.24, 2.45) is 0 Å². The van der Waals surface area contributed by atoms with Crippen LogP contribution in [0.4, 0.5) is 60.5 Å². The molecule has 0 aliphatic heterocycles. The van der Waals surface area contributed by atoms with Crippen LogP contribution in [-0.4, -0.2) is 35.2 Å². The van der Waals surface area contributed by atoms with Crippen LogP contribution in [0.3, 0.4) is 0 Å². The highest BCUT2D eigenvalue weighted by Crippen LogP contribution is 2.42. The van der Waals surface area contributed by atoms with Gasteiger partial charge in [-0.05, 0) is 194 Å². The molecule has 0 radical (unpaired) electrons. The number of ketones is 2. The normalized spacial score (nSPS) is 10.9. The summed E-state index contributed by atoms with van der Waals surface area (Å²) in [5.74, 6) is -1.92. The number of carbonyl (C=O) groups is 6. The van der Waals surface area contributed by atoms with Gasteiger partial charge in [0.05, 0.1) is 11.1 Å². The predicted octanol–water partition coefficient (Wildman–Crippen LogP) is 15.5. The van der Waals surface area contributed by atoms with E-state index in [-0.39, 0.29) is 63.9 Å². The molecular weight excluding hydrogens is 1110 g/mol. The van der Waals surface area contributed by atoms with Crippen molar-refractivity contribution in [3.63, 3.8) is 0 Å². The maximum absolute atomic E-state index is 14.1. The third kappa shape index (κ3) is 17.7. The van der Waals surface area contributed by atoms with E-state index < -0.39 is 41.2 Å². The number of nitrogens with two attached hydrogens (primary N) is 2.